The summed E-state index contributed by atoms with van der Waals surface area (Å²) in [5.41, 5.74) is 2.95. The van der Waals surface area contributed by atoms with Gasteiger partial charge in [-0.25, -0.2) is 14.8 Å². The van der Waals surface area contributed by atoms with Crippen LogP contribution in [0.2, 0.25) is 0 Å². The number of anilines is 1. The molecule has 6 nitrogen and oxygen atoms in total. The molecule has 0 fully saturated rings. The van der Waals surface area contributed by atoms with E-state index >= 15 is 0 Å². The third-order valence-electron chi connectivity index (χ3n) is 4.64. The molecule has 0 aliphatic rings. The van der Waals surface area contributed by atoms with Crippen LogP contribution in [0.5, 0.6) is 0 Å². The molecule has 1 N–H and O–H groups in total. The fourth-order valence-electron chi connectivity index (χ4n) is 2.98. The van der Waals surface area contributed by atoms with E-state index in [-0.39, 0.29) is 17.9 Å². The molecule has 6 heteroatoms. The number of nitrogens with one attached hydrogen (secondary N) is 1. The van der Waals surface area contributed by atoms with Crippen LogP contribution in [0.3, 0.4) is 0 Å². The third kappa shape index (κ3) is 4.54. The van der Waals surface area contributed by atoms with E-state index in [1.54, 1.807) is 25.1 Å². The zero-order valence-electron chi connectivity index (χ0n) is 17.7. The second-order valence-corrected chi connectivity index (χ2v) is 7.87. The summed E-state index contributed by atoms with van der Waals surface area (Å²) >= 11 is 0. The standard InChI is InChI=1S/C24H25N3O3/c1-6-20(28)26-22-18-13-10-16(23(29)30-7-2)14-19(18)25-21(27-22)15-8-11-17(12-9-15)24(3,4)5/h6,8-14H,1,7H2,2-5H3,(H,25,26,27,28). The van der Waals surface area contributed by atoms with E-state index in [2.05, 4.69) is 42.6 Å². The summed E-state index contributed by atoms with van der Waals surface area (Å²) in [4.78, 5) is 33.3. The molecule has 0 atom stereocenters. The van der Waals surface area contributed by atoms with Crippen molar-refractivity contribution in [3.63, 3.8) is 0 Å². The summed E-state index contributed by atoms with van der Waals surface area (Å²) in [7, 11) is 0. The Kier molecular flexibility index (Phi) is 5.96. The van der Waals surface area contributed by atoms with Gasteiger partial charge in [0.15, 0.2) is 5.82 Å². The third-order valence-corrected chi connectivity index (χ3v) is 4.64. The van der Waals surface area contributed by atoms with Crippen molar-refractivity contribution in [2.24, 2.45) is 0 Å². The van der Waals surface area contributed by atoms with E-state index in [1.165, 1.54) is 11.6 Å². The smallest absolute Gasteiger partial charge is 0.338 e. The summed E-state index contributed by atoms with van der Waals surface area (Å²) in [6, 6.07) is 13.0. The first-order valence-corrected chi connectivity index (χ1v) is 9.76. The predicted octanol–water partition coefficient (Wildman–Crippen LogP) is 4.90. The number of nitrogens with zero attached hydrogens (tertiary/aromatic N) is 2. The highest BCUT2D eigenvalue weighted by molar-refractivity contribution is 6.05. The molecule has 30 heavy (non-hydrogen) atoms. The first-order chi connectivity index (χ1) is 14.2. The number of esters is 1. The van der Waals surface area contributed by atoms with Crippen molar-refractivity contribution in [2.75, 3.05) is 11.9 Å². The van der Waals surface area contributed by atoms with E-state index in [1.807, 2.05) is 24.3 Å². The quantitative estimate of drug-likeness (QED) is 0.484. The van der Waals surface area contributed by atoms with Crippen molar-refractivity contribution >= 4 is 28.6 Å². The number of carbonyl (C=O) groups excluding carboxylic acids is 2. The average Bonchev–Trinajstić information content (AvgIpc) is 2.72. The SMILES string of the molecule is C=CC(=O)Nc1nc(-c2ccc(C(C)(C)C)cc2)nc2cc(C(=O)OCC)ccc12. The molecule has 0 spiro atoms. The van der Waals surface area contributed by atoms with Crippen molar-refractivity contribution < 1.29 is 14.3 Å². The van der Waals surface area contributed by atoms with Crippen LogP contribution < -0.4 is 5.32 Å². The van der Waals surface area contributed by atoms with Gasteiger partial charge in [0.2, 0.25) is 5.91 Å². The monoisotopic (exact) mass is 403 g/mol. The Hall–Kier alpha value is -3.54. The van der Waals surface area contributed by atoms with Crippen LogP contribution in [0.1, 0.15) is 43.6 Å². The molecule has 0 aliphatic carbocycles. The fraction of sp³-hybridized carbons (Fsp3) is 0.250. The lowest BCUT2D eigenvalue weighted by atomic mass is 9.87. The molecule has 154 valence electrons. The molecular formula is C24H25N3O3. The Labute approximate surface area is 176 Å². The molecule has 0 saturated carbocycles. The maximum Gasteiger partial charge on any atom is 0.338 e. The van der Waals surface area contributed by atoms with Gasteiger partial charge in [0.25, 0.3) is 0 Å². The van der Waals surface area contributed by atoms with Gasteiger partial charge in [-0.15, -0.1) is 0 Å². The lowest BCUT2D eigenvalue weighted by molar-refractivity contribution is -0.111. The van der Waals surface area contributed by atoms with Crippen LogP contribution in [-0.2, 0) is 14.9 Å². The van der Waals surface area contributed by atoms with Gasteiger partial charge < -0.3 is 10.1 Å². The lowest BCUT2D eigenvalue weighted by Gasteiger charge is -2.19. The molecule has 0 saturated heterocycles. The van der Waals surface area contributed by atoms with Crippen molar-refractivity contribution in [3.05, 3.63) is 66.2 Å². The van der Waals surface area contributed by atoms with Crippen LogP contribution in [0.4, 0.5) is 5.82 Å². The topological polar surface area (TPSA) is 81.2 Å². The molecule has 0 radical (unpaired) electrons. The van der Waals surface area contributed by atoms with Crippen LogP contribution in [0.15, 0.2) is 55.1 Å². The van der Waals surface area contributed by atoms with Gasteiger partial charge in [-0.05, 0) is 42.2 Å². The molecule has 1 aromatic heterocycles. The van der Waals surface area contributed by atoms with E-state index in [0.29, 0.717) is 28.1 Å². The summed E-state index contributed by atoms with van der Waals surface area (Å²) in [6.45, 7) is 12.0. The first-order valence-electron chi connectivity index (χ1n) is 9.76. The van der Waals surface area contributed by atoms with Gasteiger partial charge in [0.1, 0.15) is 5.82 Å². The van der Waals surface area contributed by atoms with Gasteiger partial charge in [-0.2, -0.15) is 0 Å². The molecular weight excluding hydrogens is 378 g/mol. The highest BCUT2D eigenvalue weighted by Gasteiger charge is 2.16. The van der Waals surface area contributed by atoms with E-state index in [9.17, 15) is 9.59 Å². The lowest BCUT2D eigenvalue weighted by Crippen LogP contribution is -2.11. The second-order valence-electron chi connectivity index (χ2n) is 7.87. The maximum atomic E-state index is 12.1. The number of ether oxygens (including phenoxy) is 1. The molecule has 0 unspecified atom stereocenters. The Morgan fingerprint density at radius 2 is 1.80 bits per heavy atom. The zero-order chi connectivity index (χ0) is 21.9. The van der Waals surface area contributed by atoms with Gasteiger partial charge in [0.05, 0.1) is 17.7 Å². The molecule has 3 aromatic rings. The van der Waals surface area contributed by atoms with Gasteiger partial charge in [-0.1, -0.05) is 51.6 Å². The number of fused-ring (bicyclic) bond motifs is 1. The minimum absolute atomic E-state index is 0.0282. The first kappa shape index (κ1) is 21.2. The Morgan fingerprint density at radius 3 is 2.40 bits per heavy atom. The predicted molar refractivity (Wildman–Crippen MR) is 118 cm³/mol. The minimum Gasteiger partial charge on any atom is -0.462 e. The van der Waals surface area contributed by atoms with Crippen molar-refractivity contribution in [2.45, 2.75) is 33.1 Å². The number of benzene rings is 2. The van der Waals surface area contributed by atoms with E-state index in [0.717, 1.165) is 5.56 Å². The van der Waals surface area contributed by atoms with Gasteiger partial charge in [0, 0.05) is 10.9 Å². The summed E-state index contributed by atoms with van der Waals surface area (Å²) in [5, 5.41) is 3.35. The number of hydrogen-bond acceptors (Lipinski definition) is 5. The van der Waals surface area contributed by atoms with Crippen molar-refractivity contribution in [1.29, 1.82) is 0 Å². The Morgan fingerprint density at radius 1 is 1.10 bits per heavy atom. The normalized spacial score (nSPS) is 11.2. The fourth-order valence-corrected chi connectivity index (χ4v) is 2.98. The number of aromatic nitrogens is 2. The van der Waals surface area contributed by atoms with Crippen molar-refractivity contribution in [1.82, 2.24) is 9.97 Å². The van der Waals surface area contributed by atoms with Crippen molar-refractivity contribution in [3.8, 4) is 11.4 Å². The highest BCUT2D eigenvalue weighted by Crippen LogP contribution is 2.28. The van der Waals surface area contributed by atoms with Crippen LogP contribution in [-0.4, -0.2) is 28.5 Å². The number of carbonyl (C=O) groups is 2. The highest BCUT2D eigenvalue weighted by atomic mass is 16.5. The van der Waals surface area contributed by atoms with E-state index in [4.69, 9.17) is 4.74 Å². The molecule has 0 bridgehead atoms. The minimum atomic E-state index is -0.425. The summed E-state index contributed by atoms with van der Waals surface area (Å²) in [5.74, 6) is 0.00260. The molecule has 2 aromatic carbocycles. The molecule has 0 aliphatic heterocycles. The Bertz CT molecular complexity index is 1110. The molecule has 1 heterocycles. The average molecular weight is 403 g/mol. The van der Waals surface area contributed by atoms with Gasteiger partial charge >= 0.3 is 5.97 Å². The number of hydrogen-bond donors (Lipinski definition) is 1. The van der Waals surface area contributed by atoms with Crippen LogP contribution in [0.25, 0.3) is 22.3 Å². The largest absolute Gasteiger partial charge is 0.462 e. The number of rotatable bonds is 5. The molecule has 3 rings (SSSR count). The van der Waals surface area contributed by atoms with E-state index < -0.39 is 5.97 Å². The second kappa shape index (κ2) is 8.45. The maximum absolute atomic E-state index is 12.1. The van der Waals surface area contributed by atoms with Gasteiger partial charge in [-0.3, -0.25) is 4.79 Å². The number of amides is 1. The Balaban J connectivity index is 2.14. The van der Waals surface area contributed by atoms with Crippen LogP contribution >= 0.6 is 0 Å². The zero-order valence-corrected chi connectivity index (χ0v) is 17.7. The van der Waals surface area contributed by atoms with Crippen LogP contribution in [0, 0.1) is 0 Å². The summed E-state index contributed by atoms with van der Waals surface area (Å²) in [6.07, 6.45) is 1.18. The summed E-state index contributed by atoms with van der Waals surface area (Å²) < 4.78 is 5.08. The molecule has 1 amide bonds.